The minimum absolute atomic E-state index is 0.00530. The van der Waals surface area contributed by atoms with E-state index in [2.05, 4.69) is 127 Å². The normalized spacial score (nSPS) is 14.8. The van der Waals surface area contributed by atoms with Crippen molar-refractivity contribution in [2.24, 2.45) is 63.1 Å². The van der Waals surface area contributed by atoms with Crippen LogP contribution in [-0.2, 0) is 64.1 Å². The number of likely N-dealkylation sites (tertiary alicyclic amines) is 1. The topological polar surface area (TPSA) is 1020 Å². The molecule has 12 amide bonds. The first-order valence-electron chi connectivity index (χ1n) is 46.5. The van der Waals surface area contributed by atoms with E-state index in [1.54, 1.807) is 4.90 Å². The summed E-state index contributed by atoms with van der Waals surface area (Å²) in [6.07, 6.45) is -0.501. The van der Waals surface area contributed by atoms with Gasteiger partial charge in [-0.1, -0.05) is 22.4 Å². The third-order valence-corrected chi connectivity index (χ3v) is 23.6. The maximum atomic E-state index is 15.2. The zero-order valence-electron chi connectivity index (χ0n) is 79.0. The number of hydrogen-bond acceptors (Lipinski definition) is 27. The summed E-state index contributed by atoms with van der Waals surface area (Å²) in [4.78, 5) is 197. The van der Waals surface area contributed by atoms with Crippen LogP contribution < -0.4 is 175 Å². The molecule has 2 aromatic heterocycles. The molecular formula is C82H146BrN43O14S. The fraction of sp³-hybridized carbons (Fsp3) is 0.622. The van der Waals surface area contributed by atoms with Crippen molar-refractivity contribution >= 4 is 172 Å². The number of aromatic amines is 1. The highest BCUT2D eigenvalue weighted by Gasteiger charge is 2.39. The summed E-state index contributed by atoms with van der Waals surface area (Å²) in [5.74, 6) is -14.3. The van der Waals surface area contributed by atoms with Crippen molar-refractivity contribution in [2.45, 2.75) is 246 Å². The number of hydrogen-bond donors (Lipinski definition) is 42. The van der Waals surface area contributed by atoms with Crippen molar-refractivity contribution in [3.63, 3.8) is 0 Å². The van der Waals surface area contributed by atoms with Crippen LogP contribution in [0.2, 0.25) is 0 Å². The Morgan fingerprint density at radius 1 is 0.390 bits per heavy atom. The van der Waals surface area contributed by atoms with E-state index < -0.39 is 185 Å². The van der Waals surface area contributed by atoms with Crippen molar-refractivity contribution in [1.29, 1.82) is 48.7 Å². The Labute approximate surface area is 827 Å². The third kappa shape index (κ3) is 48.3. The van der Waals surface area contributed by atoms with Gasteiger partial charge in [0.1, 0.15) is 70.9 Å². The molecule has 0 radical (unpaired) electrons. The van der Waals surface area contributed by atoms with Crippen LogP contribution in [0.4, 0.5) is 0 Å². The molecule has 141 heavy (non-hydrogen) atoms. The predicted octanol–water partition coefficient (Wildman–Crippen LogP) is -9.66. The summed E-state index contributed by atoms with van der Waals surface area (Å²) in [5.41, 5.74) is 61.9. The van der Waals surface area contributed by atoms with Crippen molar-refractivity contribution in [2.75, 3.05) is 78.5 Å². The molecule has 3 heterocycles. The number of primary amides is 1. The molecule has 1 aliphatic rings. The number of benzene rings is 1. The van der Waals surface area contributed by atoms with Gasteiger partial charge in [0.05, 0.1) is 24.2 Å². The predicted molar refractivity (Wildman–Crippen MR) is 536 cm³/mol. The van der Waals surface area contributed by atoms with E-state index in [1.165, 1.54) is 11.3 Å². The number of unbranched alkanes of at least 4 members (excludes halogenated alkanes) is 3. The first-order valence-corrected chi connectivity index (χ1v) is 48.1. The SMILES string of the molecule is N=C(N)NCCCC(NC(=O)CCCCCNC(=O)C1CC(O)CN1Cc1nc2c(sc3ccc(Br)cc32)c(=O)[nH]1)C(=O)NC(CCCNC(=N)N)C(=O)NC(CCCNC(=N)N)C(=O)NC(CCCNC(=N)N)C(=O)NC(CCCNC(=N)N)C(=O)NC(CCCNC(=N)N)C(=O)NC(CCCNC(=N)N)C(=O)NC(CCCNC(=N)N)C(=O)NC(CCCNC(=N)N)C(=O)NC(CCCCN)C(N)=O. The van der Waals surface area contributed by atoms with Gasteiger partial charge in [0.15, 0.2) is 53.6 Å². The van der Waals surface area contributed by atoms with Gasteiger partial charge in [-0.15, -0.1) is 11.3 Å². The number of halogens is 1. The van der Waals surface area contributed by atoms with Gasteiger partial charge in [-0.3, -0.25) is 116 Å². The Morgan fingerprint density at radius 3 is 0.965 bits per heavy atom. The molecular weight excluding hydrogens is 1920 g/mol. The van der Waals surface area contributed by atoms with Crippen molar-refractivity contribution in [3.8, 4) is 0 Å². The number of carbonyl (C=O) groups excluding carboxylic acids is 12. The van der Waals surface area contributed by atoms with E-state index in [1.807, 2.05) is 18.2 Å². The molecule has 53 N–H and O–H groups in total. The van der Waals surface area contributed by atoms with Gasteiger partial charge >= 0.3 is 0 Å². The molecule has 1 aliphatic heterocycles. The molecule has 0 bridgehead atoms. The van der Waals surface area contributed by atoms with E-state index in [4.69, 9.17) is 117 Å². The Morgan fingerprint density at radius 2 is 0.674 bits per heavy atom. The molecule has 1 aromatic carbocycles. The number of aliphatic hydroxyl groups is 1. The van der Waals surface area contributed by atoms with Gasteiger partial charge in [-0.2, -0.15) is 0 Å². The summed E-state index contributed by atoms with van der Waals surface area (Å²) in [5, 5.41) is 134. The van der Waals surface area contributed by atoms with Crippen LogP contribution >= 0.6 is 27.3 Å². The second-order valence-electron chi connectivity index (χ2n) is 33.6. The molecule has 12 atom stereocenters. The number of nitrogens with zero attached hydrogens (tertiary/aromatic N) is 2. The first kappa shape index (κ1) is 119. The highest BCUT2D eigenvalue weighted by atomic mass is 79.9. The van der Waals surface area contributed by atoms with E-state index in [0.717, 1.165) is 14.6 Å². The Balaban J connectivity index is 1.67. The molecule has 786 valence electrons. The number of β-amino-alcohol motifs (C(OH)–C–C–N with tert-alkyl or cyclic N) is 1. The Bertz CT molecular complexity index is 4800. The molecule has 4 rings (SSSR count). The lowest BCUT2D eigenvalue weighted by atomic mass is 10.0. The number of fused-ring (bicyclic) bond motifs is 3. The maximum absolute atomic E-state index is 15.2. The Hall–Kier alpha value is -14.2. The van der Waals surface area contributed by atoms with E-state index in [-0.39, 0.29) is 244 Å². The third-order valence-electron chi connectivity index (χ3n) is 21.9. The first-order chi connectivity index (χ1) is 66.9. The van der Waals surface area contributed by atoms with Gasteiger partial charge in [0.25, 0.3) is 5.56 Å². The lowest BCUT2D eigenvalue weighted by Gasteiger charge is -2.29. The average molecular weight is 2070 g/mol. The maximum Gasteiger partial charge on any atom is 0.268 e. The quantitative estimate of drug-likeness (QED) is 0.0142. The van der Waals surface area contributed by atoms with Crippen LogP contribution in [0.3, 0.4) is 0 Å². The van der Waals surface area contributed by atoms with Gasteiger partial charge in [-0.25, -0.2) is 4.98 Å². The number of guanidine groups is 9. The minimum Gasteiger partial charge on any atom is -0.392 e. The highest BCUT2D eigenvalue weighted by Crippen LogP contribution is 2.33. The monoisotopic (exact) mass is 2070 g/mol. The number of amides is 12. The minimum atomic E-state index is -1.66. The van der Waals surface area contributed by atoms with Gasteiger partial charge in [0.2, 0.25) is 70.9 Å². The van der Waals surface area contributed by atoms with E-state index in [0.29, 0.717) is 41.7 Å². The Kier molecular flexibility index (Phi) is 54.7. The smallest absolute Gasteiger partial charge is 0.268 e. The molecule has 12 unspecified atom stereocenters. The molecule has 59 heteroatoms. The molecule has 1 saturated heterocycles. The van der Waals surface area contributed by atoms with Crippen LogP contribution in [0.5, 0.6) is 0 Å². The zero-order chi connectivity index (χ0) is 105. The molecule has 3 aromatic rings. The van der Waals surface area contributed by atoms with Crippen LogP contribution in [0, 0.1) is 48.7 Å². The summed E-state index contributed by atoms with van der Waals surface area (Å²) in [7, 11) is 0. The van der Waals surface area contributed by atoms with Crippen molar-refractivity contribution < 1.29 is 62.6 Å². The molecule has 0 saturated carbocycles. The number of carbonyl (C=O) groups is 12. The number of aliphatic hydroxyl groups excluding tert-OH is 1. The number of thiophene rings is 1. The van der Waals surface area contributed by atoms with Crippen LogP contribution in [-0.4, -0.2) is 296 Å². The van der Waals surface area contributed by atoms with Crippen molar-refractivity contribution in [3.05, 3.63) is 38.9 Å². The zero-order valence-corrected chi connectivity index (χ0v) is 81.4. The second kappa shape index (κ2) is 64.8. The molecule has 1 fully saturated rings. The van der Waals surface area contributed by atoms with E-state index in [9.17, 15) is 48.3 Å². The fourth-order valence-electron chi connectivity index (χ4n) is 14.9. The van der Waals surface area contributed by atoms with Crippen LogP contribution in [0.1, 0.15) is 173 Å². The largest absolute Gasteiger partial charge is 0.392 e. The molecule has 57 nitrogen and oxygen atoms in total. The lowest BCUT2D eigenvalue weighted by Crippen LogP contribution is -2.61. The molecule has 0 spiro atoms. The van der Waals surface area contributed by atoms with E-state index >= 15 is 19.2 Å². The number of nitrogens with two attached hydrogens (primary N) is 11. The highest BCUT2D eigenvalue weighted by molar-refractivity contribution is 9.10. The van der Waals surface area contributed by atoms with Gasteiger partial charge < -0.3 is 179 Å². The second-order valence-corrected chi connectivity index (χ2v) is 35.5. The molecule has 0 aliphatic carbocycles. The van der Waals surface area contributed by atoms with Crippen LogP contribution in [0.15, 0.2) is 27.5 Å². The number of aromatic nitrogens is 2. The standard InChI is InChI=1S/C82H146BrN43O14S/c83-43-26-27-57-45(39-43)60-61(141-57)73(140)125-58(124-60)42-126-41-44(127)40-56(126)72(139)104-29-5-1-2-25-59(128)114-47(16-6-30-105-74(86)87)63(130)116-49(18-8-32-107-76(90)91)65(132)118-51(20-10-34-109-78(94)95)67(134)120-53(22-12-36-111-80(98)99)69(136)122-55(24-14-38-113-82(102)103)71(138)123-54(23-13-37-112-81(100)101)70(137)121-52(21-11-35-110-79(96)97)68(135)119-50(19-9-33-108-77(92)93)66(133)117-48(17-7-31-106-75(88)89)64(131)115-46(62(85)129)15-3-4-28-84/h26-27,39,44,46-56,127H,1-25,28-38,40-42,84H2,(H2,85,129)(H,104,139)(H,114,128)(H,115,131)(H,116,130)(H,117,133)(H,118,132)(H,119,135)(H,120,134)(H,121,137)(H,122,136)(H,123,138)(H4,86,87,105)(H4,88,89,106)(H4,90,91,107)(H4,92,93,108)(H4,94,95,109)(H4,96,97,110)(H4,98,99,111)(H4,100,101,112)(H4,102,103,113)(H,124,125,140). The summed E-state index contributed by atoms with van der Waals surface area (Å²) in [6.45, 7) is 0.476. The summed E-state index contributed by atoms with van der Waals surface area (Å²) >= 11 is 4.80. The lowest BCUT2D eigenvalue weighted by molar-refractivity contribution is -0.136. The summed E-state index contributed by atoms with van der Waals surface area (Å²) in [6, 6.07) is -10.3. The number of rotatable bonds is 69. The van der Waals surface area contributed by atoms with Gasteiger partial charge in [0, 0.05) is 93.0 Å². The van der Waals surface area contributed by atoms with Crippen LogP contribution in [0.25, 0.3) is 20.3 Å². The fourth-order valence-corrected chi connectivity index (χ4v) is 16.2. The average Bonchev–Trinajstić information content (AvgIpc) is 1.61. The van der Waals surface area contributed by atoms with Gasteiger partial charge in [-0.05, 0) is 179 Å². The summed E-state index contributed by atoms with van der Waals surface area (Å²) < 4.78 is 2.13. The van der Waals surface area contributed by atoms with Crippen molar-refractivity contribution in [1.82, 2.24) is 121 Å². The number of H-pyrrole nitrogens is 1. The number of nitrogens with one attached hydrogen (secondary N) is 30.